The fourth-order valence-corrected chi connectivity index (χ4v) is 3.87. The van der Waals surface area contributed by atoms with Crippen LogP contribution in [-0.4, -0.2) is 36.2 Å². The third-order valence-corrected chi connectivity index (χ3v) is 5.46. The average molecular weight is 452 g/mol. The first-order chi connectivity index (χ1) is 15.2. The van der Waals surface area contributed by atoms with Crippen LogP contribution in [0, 0.1) is 20.8 Å². The minimum atomic E-state index is -0.579. The summed E-state index contributed by atoms with van der Waals surface area (Å²) in [6.45, 7) is 5.58. The highest BCUT2D eigenvalue weighted by molar-refractivity contribution is 6.30. The van der Waals surface area contributed by atoms with Gasteiger partial charge in [-0.05, 0) is 51.0 Å². The molecule has 0 atom stereocenters. The Balaban J connectivity index is 1.53. The summed E-state index contributed by atoms with van der Waals surface area (Å²) in [5, 5.41) is 12.2. The van der Waals surface area contributed by atoms with Gasteiger partial charge >= 0.3 is 0 Å². The van der Waals surface area contributed by atoms with Gasteiger partial charge in [0.05, 0.1) is 17.6 Å². The number of primary amides is 1. The molecule has 0 radical (unpaired) electrons. The number of nitrogens with two attached hydrogens (primary N) is 1. The van der Waals surface area contributed by atoms with Gasteiger partial charge in [-0.1, -0.05) is 17.7 Å². The van der Waals surface area contributed by atoms with Crippen molar-refractivity contribution >= 4 is 34.9 Å². The molecule has 2 amide bonds. The molecule has 0 aliphatic carbocycles. The first kappa shape index (κ1) is 21.5. The van der Waals surface area contributed by atoms with Gasteiger partial charge in [0.1, 0.15) is 11.4 Å². The van der Waals surface area contributed by atoms with Crippen molar-refractivity contribution in [3.05, 3.63) is 69.8 Å². The fraction of sp³-hybridized carbons (Fsp3) is 0.227. The van der Waals surface area contributed by atoms with Crippen LogP contribution in [0.25, 0.3) is 11.3 Å². The number of anilines is 1. The number of amides is 2. The van der Waals surface area contributed by atoms with Crippen molar-refractivity contribution in [2.75, 3.05) is 5.32 Å². The first-order valence-electron chi connectivity index (χ1n) is 10.0. The van der Waals surface area contributed by atoms with Crippen molar-refractivity contribution in [1.82, 2.24) is 24.4 Å². The van der Waals surface area contributed by atoms with E-state index in [-0.39, 0.29) is 17.9 Å². The highest BCUT2D eigenvalue weighted by atomic mass is 35.5. The molecule has 4 aromatic rings. The average Bonchev–Trinajstić information content (AvgIpc) is 3.31. The molecule has 0 spiro atoms. The predicted molar refractivity (Wildman–Crippen MR) is 121 cm³/mol. The number of halogens is 1. The zero-order valence-electron chi connectivity index (χ0n) is 17.9. The lowest BCUT2D eigenvalue weighted by Gasteiger charge is -2.12. The molecule has 164 valence electrons. The molecule has 32 heavy (non-hydrogen) atoms. The molecule has 9 nitrogen and oxygen atoms in total. The van der Waals surface area contributed by atoms with Crippen molar-refractivity contribution in [3.8, 4) is 5.69 Å². The van der Waals surface area contributed by atoms with Crippen molar-refractivity contribution in [2.45, 2.75) is 33.6 Å². The highest BCUT2D eigenvalue weighted by Crippen LogP contribution is 2.22. The van der Waals surface area contributed by atoms with Crippen LogP contribution in [0.15, 0.2) is 36.5 Å². The normalized spacial score (nSPS) is 11.1. The van der Waals surface area contributed by atoms with Crippen molar-refractivity contribution in [1.29, 1.82) is 0 Å². The second-order valence-corrected chi connectivity index (χ2v) is 7.97. The summed E-state index contributed by atoms with van der Waals surface area (Å²) in [5.74, 6) is -0.176. The van der Waals surface area contributed by atoms with E-state index >= 15 is 0 Å². The molecule has 3 heterocycles. The fourth-order valence-electron chi connectivity index (χ4n) is 3.68. The summed E-state index contributed by atoms with van der Waals surface area (Å²) in [6.07, 6.45) is 2.11. The zero-order chi connectivity index (χ0) is 23.0. The second kappa shape index (κ2) is 8.43. The molecule has 10 heteroatoms. The molecular formula is C22H22ClN7O2. The van der Waals surface area contributed by atoms with E-state index in [0.717, 1.165) is 28.3 Å². The van der Waals surface area contributed by atoms with E-state index in [2.05, 4.69) is 20.5 Å². The monoisotopic (exact) mass is 451 g/mol. The maximum Gasteiger partial charge on any atom is 0.254 e. The highest BCUT2D eigenvalue weighted by Gasteiger charge is 2.18. The Hall–Kier alpha value is -3.72. The van der Waals surface area contributed by atoms with Crippen LogP contribution in [0.3, 0.4) is 0 Å². The van der Waals surface area contributed by atoms with Crippen molar-refractivity contribution in [2.24, 2.45) is 5.73 Å². The molecule has 0 saturated heterocycles. The Labute approximate surface area is 189 Å². The minimum absolute atomic E-state index is 0.162. The lowest BCUT2D eigenvalue weighted by Crippen LogP contribution is -2.17. The van der Waals surface area contributed by atoms with E-state index in [1.54, 1.807) is 27.4 Å². The summed E-state index contributed by atoms with van der Waals surface area (Å²) >= 11 is 6.10. The van der Waals surface area contributed by atoms with Gasteiger partial charge in [-0.3, -0.25) is 9.59 Å². The van der Waals surface area contributed by atoms with Crippen LogP contribution < -0.4 is 11.1 Å². The Morgan fingerprint density at radius 3 is 2.69 bits per heavy atom. The molecule has 0 bridgehead atoms. The quantitative estimate of drug-likeness (QED) is 0.466. The van der Waals surface area contributed by atoms with Crippen LogP contribution in [0.4, 0.5) is 5.82 Å². The predicted octanol–water partition coefficient (Wildman–Crippen LogP) is 3.16. The second-order valence-electron chi connectivity index (χ2n) is 7.53. The SMILES string of the molecule is Cc1cc(NC(=O)CCc2c(C)nc3c(C(N)=O)cnn3c2C)n(-c2cccc(Cl)c2)n1. The van der Waals surface area contributed by atoms with E-state index in [1.165, 1.54) is 6.20 Å². The van der Waals surface area contributed by atoms with Crippen LogP contribution in [-0.2, 0) is 11.2 Å². The topological polar surface area (TPSA) is 120 Å². The molecule has 0 saturated carbocycles. The number of hydrogen-bond donors (Lipinski definition) is 2. The maximum absolute atomic E-state index is 12.7. The van der Waals surface area contributed by atoms with Gasteiger partial charge in [0.25, 0.3) is 5.91 Å². The van der Waals surface area contributed by atoms with E-state index in [0.29, 0.717) is 22.9 Å². The van der Waals surface area contributed by atoms with E-state index in [9.17, 15) is 9.59 Å². The number of benzene rings is 1. The standard InChI is InChI=1S/C22H22ClN7O2/c1-12-9-19(30(28-12)16-6-4-5-15(23)10-16)27-20(31)8-7-17-13(2)26-22-18(21(24)32)11-25-29(22)14(17)3/h4-6,9-11H,7-8H2,1-3H3,(H2,24,32)(H,27,31). The Kier molecular flexibility index (Phi) is 5.67. The molecule has 0 aliphatic heterocycles. The molecule has 4 rings (SSSR count). The van der Waals surface area contributed by atoms with Crippen molar-refractivity contribution in [3.63, 3.8) is 0 Å². The molecule has 0 aliphatic rings. The molecule has 1 aromatic carbocycles. The zero-order valence-corrected chi connectivity index (χ0v) is 18.6. The van der Waals surface area contributed by atoms with Gasteiger partial charge in [-0.25, -0.2) is 14.2 Å². The summed E-state index contributed by atoms with van der Waals surface area (Å²) in [4.78, 5) is 28.8. The van der Waals surface area contributed by atoms with Crippen LogP contribution in [0.2, 0.25) is 5.02 Å². The third-order valence-electron chi connectivity index (χ3n) is 5.23. The van der Waals surface area contributed by atoms with Crippen molar-refractivity contribution < 1.29 is 9.59 Å². The van der Waals surface area contributed by atoms with Crippen LogP contribution in [0.1, 0.15) is 39.4 Å². The van der Waals surface area contributed by atoms with Gasteiger partial charge in [-0.2, -0.15) is 10.2 Å². The van der Waals surface area contributed by atoms with Crippen LogP contribution >= 0.6 is 11.6 Å². The lowest BCUT2D eigenvalue weighted by atomic mass is 10.1. The number of hydrogen-bond acceptors (Lipinski definition) is 5. The summed E-state index contributed by atoms with van der Waals surface area (Å²) < 4.78 is 3.23. The van der Waals surface area contributed by atoms with E-state index < -0.39 is 5.91 Å². The van der Waals surface area contributed by atoms with E-state index in [4.69, 9.17) is 17.3 Å². The lowest BCUT2D eigenvalue weighted by molar-refractivity contribution is -0.116. The molecule has 3 aromatic heterocycles. The summed E-state index contributed by atoms with van der Waals surface area (Å²) in [7, 11) is 0. The Morgan fingerprint density at radius 1 is 1.19 bits per heavy atom. The maximum atomic E-state index is 12.7. The third kappa shape index (κ3) is 4.06. The number of aryl methyl sites for hydroxylation is 3. The number of nitrogens with zero attached hydrogens (tertiary/aromatic N) is 5. The number of rotatable bonds is 6. The number of carbonyl (C=O) groups excluding carboxylic acids is 2. The van der Waals surface area contributed by atoms with Gasteiger partial charge in [0.15, 0.2) is 5.65 Å². The smallest absolute Gasteiger partial charge is 0.254 e. The Morgan fingerprint density at radius 2 is 1.97 bits per heavy atom. The molecule has 0 fully saturated rings. The van der Waals surface area contributed by atoms with Gasteiger partial charge in [0, 0.05) is 28.9 Å². The van der Waals surface area contributed by atoms with Gasteiger partial charge in [-0.15, -0.1) is 0 Å². The van der Waals surface area contributed by atoms with Gasteiger partial charge in [0.2, 0.25) is 5.91 Å². The molecular weight excluding hydrogens is 430 g/mol. The van der Waals surface area contributed by atoms with Gasteiger partial charge < -0.3 is 11.1 Å². The molecule has 3 N–H and O–H groups in total. The number of carbonyl (C=O) groups is 2. The summed E-state index contributed by atoms with van der Waals surface area (Å²) in [6, 6.07) is 9.06. The minimum Gasteiger partial charge on any atom is -0.365 e. The van der Waals surface area contributed by atoms with E-state index in [1.807, 2.05) is 32.9 Å². The number of aromatic nitrogens is 5. The Bertz CT molecular complexity index is 1360. The number of nitrogens with one attached hydrogen (secondary N) is 1. The molecule has 0 unspecified atom stereocenters. The largest absolute Gasteiger partial charge is 0.365 e. The first-order valence-corrected chi connectivity index (χ1v) is 10.4. The number of fused-ring (bicyclic) bond motifs is 1. The summed E-state index contributed by atoms with van der Waals surface area (Å²) in [5.41, 5.74) is 10.0. The van der Waals surface area contributed by atoms with Crippen LogP contribution in [0.5, 0.6) is 0 Å².